The maximum atomic E-state index is 11.8. The Morgan fingerprint density at radius 3 is 2.30 bits per heavy atom. The first kappa shape index (κ1) is 16.7. The number of rotatable bonds is 4. The van der Waals surface area contributed by atoms with Crippen molar-refractivity contribution in [2.24, 2.45) is 14.1 Å². The molecule has 7 heteroatoms. The van der Waals surface area contributed by atoms with Crippen molar-refractivity contribution in [2.45, 2.75) is 0 Å². The largest absolute Gasteiger partial charge is 0.479 e. The van der Waals surface area contributed by atoms with Crippen molar-refractivity contribution in [1.82, 2.24) is 9.13 Å². The predicted octanol–water partition coefficient (Wildman–Crippen LogP) is 1.20. The molecule has 0 N–H and O–H groups in total. The van der Waals surface area contributed by atoms with Crippen molar-refractivity contribution in [3.63, 3.8) is 0 Å². The zero-order chi connectivity index (χ0) is 16.8. The molecule has 1 aromatic heterocycles. The van der Waals surface area contributed by atoms with Gasteiger partial charge in [0.1, 0.15) is 19.0 Å². The Morgan fingerprint density at radius 2 is 1.65 bits per heavy atom. The molecule has 0 saturated heterocycles. The van der Waals surface area contributed by atoms with Crippen LogP contribution in [0.25, 0.3) is 0 Å². The number of ether oxygens (including phenoxy) is 2. The summed E-state index contributed by atoms with van der Waals surface area (Å²) in [6, 6.07) is 7.09. The summed E-state index contributed by atoms with van der Waals surface area (Å²) >= 11 is 5.94. The Morgan fingerprint density at radius 1 is 1.04 bits per heavy atom. The molecular formula is C16H15ClN2O4. The standard InChI is InChI=1S/C16H15ClN2O4/c1-18-11-14(15(20)19(2)16(18)21)23-10-6-5-9-22-13-8-4-3-7-12(13)17/h3-4,7-8,11H,9-10H2,1-2H3. The zero-order valence-electron chi connectivity index (χ0n) is 12.7. The lowest BCUT2D eigenvalue weighted by Crippen LogP contribution is -2.37. The van der Waals surface area contributed by atoms with E-state index in [1.54, 1.807) is 12.1 Å². The molecule has 2 aromatic rings. The molecule has 0 fully saturated rings. The second-order valence-electron chi connectivity index (χ2n) is 4.61. The van der Waals surface area contributed by atoms with E-state index in [4.69, 9.17) is 21.1 Å². The van der Waals surface area contributed by atoms with Gasteiger partial charge < -0.3 is 9.47 Å². The Balaban J connectivity index is 1.91. The minimum atomic E-state index is -0.498. The number of para-hydroxylation sites is 1. The Kier molecular flexibility index (Phi) is 5.50. The van der Waals surface area contributed by atoms with Crippen LogP contribution in [0.1, 0.15) is 0 Å². The molecule has 2 rings (SSSR count). The number of benzene rings is 1. The second kappa shape index (κ2) is 7.56. The summed E-state index contributed by atoms with van der Waals surface area (Å²) in [6.45, 7) is 0.164. The van der Waals surface area contributed by atoms with Gasteiger partial charge in [0.05, 0.1) is 11.2 Å². The van der Waals surface area contributed by atoms with Crippen LogP contribution in [0.15, 0.2) is 40.1 Å². The Bertz CT molecular complexity index is 874. The number of aromatic nitrogens is 2. The van der Waals surface area contributed by atoms with E-state index >= 15 is 0 Å². The molecular weight excluding hydrogens is 320 g/mol. The summed E-state index contributed by atoms with van der Waals surface area (Å²) in [7, 11) is 2.93. The van der Waals surface area contributed by atoms with Crippen molar-refractivity contribution in [3.8, 4) is 23.3 Å². The highest BCUT2D eigenvalue weighted by Gasteiger charge is 2.06. The number of hydrogen-bond acceptors (Lipinski definition) is 4. The van der Waals surface area contributed by atoms with Gasteiger partial charge >= 0.3 is 5.69 Å². The molecule has 0 saturated carbocycles. The van der Waals surface area contributed by atoms with Gasteiger partial charge in [-0.3, -0.25) is 13.9 Å². The van der Waals surface area contributed by atoms with Gasteiger partial charge in [-0.25, -0.2) is 4.79 Å². The molecule has 0 unspecified atom stereocenters. The third kappa shape index (κ3) is 4.18. The molecule has 0 aliphatic rings. The normalized spacial score (nSPS) is 9.87. The average molecular weight is 335 g/mol. The van der Waals surface area contributed by atoms with E-state index in [1.807, 2.05) is 12.1 Å². The third-order valence-corrected chi connectivity index (χ3v) is 3.29. The van der Waals surface area contributed by atoms with Gasteiger partial charge in [-0.05, 0) is 12.1 Å². The maximum absolute atomic E-state index is 11.8. The van der Waals surface area contributed by atoms with Crippen molar-refractivity contribution in [2.75, 3.05) is 13.2 Å². The maximum Gasteiger partial charge on any atom is 0.330 e. The van der Waals surface area contributed by atoms with Crippen molar-refractivity contribution in [3.05, 3.63) is 56.3 Å². The SMILES string of the molecule is Cn1cc(OCC#CCOc2ccccc2Cl)c(=O)n(C)c1=O. The van der Waals surface area contributed by atoms with Gasteiger partial charge in [0, 0.05) is 14.1 Å². The summed E-state index contributed by atoms with van der Waals surface area (Å²) in [6.07, 6.45) is 1.34. The van der Waals surface area contributed by atoms with Crippen LogP contribution < -0.4 is 20.7 Å². The fourth-order valence-corrected chi connectivity index (χ4v) is 1.96. The molecule has 0 radical (unpaired) electrons. The fourth-order valence-electron chi connectivity index (χ4n) is 1.77. The van der Waals surface area contributed by atoms with Gasteiger partial charge in [0.2, 0.25) is 5.75 Å². The summed E-state index contributed by atoms with van der Waals surface area (Å²) in [4.78, 5) is 23.4. The van der Waals surface area contributed by atoms with Crippen molar-refractivity contribution in [1.29, 1.82) is 0 Å². The quantitative estimate of drug-likeness (QED) is 0.788. The average Bonchev–Trinajstić information content (AvgIpc) is 2.54. The van der Waals surface area contributed by atoms with Gasteiger partial charge in [0.25, 0.3) is 5.56 Å². The minimum absolute atomic E-state index is 0.0132. The van der Waals surface area contributed by atoms with Gasteiger partial charge in [0.15, 0.2) is 0 Å². The van der Waals surface area contributed by atoms with E-state index in [9.17, 15) is 9.59 Å². The van der Waals surface area contributed by atoms with E-state index in [0.29, 0.717) is 10.8 Å². The van der Waals surface area contributed by atoms with Crippen LogP contribution in [0.4, 0.5) is 0 Å². The second-order valence-corrected chi connectivity index (χ2v) is 5.02. The first-order valence-electron chi connectivity index (χ1n) is 6.73. The first-order valence-corrected chi connectivity index (χ1v) is 7.11. The van der Waals surface area contributed by atoms with E-state index in [1.165, 1.54) is 24.9 Å². The van der Waals surface area contributed by atoms with Crippen LogP contribution in [0.5, 0.6) is 11.5 Å². The first-order chi connectivity index (χ1) is 11.0. The molecule has 0 atom stereocenters. The van der Waals surface area contributed by atoms with Crippen LogP contribution in [0.2, 0.25) is 5.02 Å². The summed E-state index contributed by atoms with van der Waals surface area (Å²) < 4.78 is 12.9. The van der Waals surface area contributed by atoms with Crippen molar-refractivity contribution < 1.29 is 9.47 Å². The van der Waals surface area contributed by atoms with Gasteiger partial charge in [-0.2, -0.15) is 0 Å². The fraction of sp³-hybridized carbons (Fsp3) is 0.250. The smallest absolute Gasteiger partial charge is 0.330 e. The molecule has 0 bridgehead atoms. The minimum Gasteiger partial charge on any atom is -0.479 e. The zero-order valence-corrected chi connectivity index (χ0v) is 13.5. The van der Waals surface area contributed by atoms with E-state index in [-0.39, 0.29) is 19.0 Å². The molecule has 0 aliphatic heterocycles. The van der Waals surface area contributed by atoms with Crippen LogP contribution in [0, 0.1) is 11.8 Å². The van der Waals surface area contributed by atoms with Crippen LogP contribution in [-0.2, 0) is 14.1 Å². The highest BCUT2D eigenvalue weighted by atomic mass is 35.5. The molecule has 1 heterocycles. The number of hydrogen-bond donors (Lipinski definition) is 0. The number of nitrogens with zero attached hydrogens (tertiary/aromatic N) is 2. The topological polar surface area (TPSA) is 62.5 Å². The highest BCUT2D eigenvalue weighted by Crippen LogP contribution is 2.22. The van der Waals surface area contributed by atoms with Crippen LogP contribution in [-0.4, -0.2) is 22.3 Å². The lowest BCUT2D eigenvalue weighted by Gasteiger charge is -2.06. The molecule has 23 heavy (non-hydrogen) atoms. The summed E-state index contributed by atoms with van der Waals surface area (Å²) in [5, 5.41) is 0.513. The van der Waals surface area contributed by atoms with E-state index in [2.05, 4.69) is 11.8 Å². The van der Waals surface area contributed by atoms with Crippen LogP contribution in [0.3, 0.4) is 0 Å². The van der Waals surface area contributed by atoms with Gasteiger partial charge in [-0.1, -0.05) is 35.6 Å². The molecule has 1 aromatic carbocycles. The lowest BCUT2D eigenvalue weighted by molar-refractivity contribution is 0.352. The summed E-state index contributed by atoms with van der Waals surface area (Å²) in [5.41, 5.74) is -0.913. The molecule has 120 valence electrons. The molecule has 0 spiro atoms. The monoisotopic (exact) mass is 334 g/mol. The number of aryl methyl sites for hydroxylation is 1. The third-order valence-electron chi connectivity index (χ3n) is 2.98. The molecule has 6 nitrogen and oxygen atoms in total. The van der Waals surface area contributed by atoms with E-state index < -0.39 is 11.2 Å². The highest BCUT2D eigenvalue weighted by molar-refractivity contribution is 6.32. The predicted molar refractivity (Wildman–Crippen MR) is 87.1 cm³/mol. The van der Waals surface area contributed by atoms with Crippen molar-refractivity contribution >= 4 is 11.6 Å². The number of halogens is 1. The summed E-state index contributed by atoms with van der Waals surface area (Å²) in [5.74, 6) is 6.10. The lowest BCUT2D eigenvalue weighted by atomic mass is 10.3. The van der Waals surface area contributed by atoms with Crippen LogP contribution >= 0.6 is 11.6 Å². The van der Waals surface area contributed by atoms with E-state index in [0.717, 1.165) is 4.57 Å². The van der Waals surface area contributed by atoms with Gasteiger partial charge in [-0.15, -0.1) is 0 Å². The Labute approximate surface area is 137 Å². The molecule has 0 aliphatic carbocycles. The molecule has 0 amide bonds. The Hall–Kier alpha value is -2.65.